The first-order valence-electron chi connectivity index (χ1n) is 6.95. The molecule has 1 heterocycles. The van der Waals surface area contributed by atoms with Crippen molar-refractivity contribution >= 4 is 24.0 Å². The Bertz CT molecular complexity index is 542. The van der Waals surface area contributed by atoms with Crippen molar-refractivity contribution in [2.24, 2.45) is 0 Å². The SMILES string of the molecule is CCc1nc(COc2cccc(C(C)C)c2)sc1CS. The van der Waals surface area contributed by atoms with E-state index in [4.69, 9.17) is 4.74 Å². The largest absolute Gasteiger partial charge is 0.486 e. The van der Waals surface area contributed by atoms with Crippen molar-refractivity contribution in [2.45, 2.75) is 45.5 Å². The Hall–Kier alpha value is -1.00. The van der Waals surface area contributed by atoms with Crippen LogP contribution in [-0.4, -0.2) is 4.98 Å². The Kier molecular flexibility index (Phi) is 5.49. The van der Waals surface area contributed by atoms with Crippen LogP contribution in [0.1, 0.15) is 47.8 Å². The molecule has 0 aliphatic rings. The third kappa shape index (κ3) is 3.76. The third-order valence-electron chi connectivity index (χ3n) is 3.19. The molecule has 0 N–H and O–H groups in total. The molecule has 4 heteroatoms. The number of aryl methyl sites for hydroxylation is 1. The molecule has 0 amide bonds. The first-order valence-corrected chi connectivity index (χ1v) is 8.40. The molecule has 0 fully saturated rings. The van der Waals surface area contributed by atoms with Crippen molar-refractivity contribution in [3.05, 3.63) is 45.4 Å². The molecule has 0 atom stereocenters. The first-order chi connectivity index (χ1) is 9.63. The fourth-order valence-corrected chi connectivity index (χ4v) is 3.31. The standard InChI is InChI=1S/C16H21NOS2/c1-4-14-15(10-19)20-16(17-14)9-18-13-7-5-6-12(8-13)11(2)3/h5-8,11,19H,4,9-10H2,1-3H3. The van der Waals surface area contributed by atoms with E-state index in [-0.39, 0.29) is 0 Å². The summed E-state index contributed by atoms with van der Waals surface area (Å²) < 4.78 is 5.86. The minimum atomic E-state index is 0.515. The van der Waals surface area contributed by atoms with Gasteiger partial charge in [0.2, 0.25) is 0 Å². The molecule has 108 valence electrons. The van der Waals surface area contributed by atoms with Crippen molar-refractivity contribution in [2.75, 3.05) is 0 Å². The molecule has 0 unspecified atom stereocenters. The van der Waals surface area contributed by atoms with E-state index < -0.39 is 0 Å². The van der Waals surface area contributed by atoms with Crippen LogP contribution in [-0.2, 0) is 18.8 Å². The maximum atomic E-state index is 5.86. The zero-order valence-corrected chi connectivity index (χ0v) is 13.9. The Labute approximate surface area is 130 Å². The van der Waals surface area contributed by atoms with Crippen LogP contribution >= 0.6 is 24.0 Å². The van der Waals surface area contributed by atoms with Crippen molar-refractivity contribution in [1.29, 1.82) is 0 Å². The number of hydrogen-bond acceptors (Lipinski definition) is 4. The van der Waals surface area contributed by atoms with Gasteiger partial charge in [-0.05, 0) is 30.0 Å². The minimum absolute atomic E-state index is 0.515. The Morgan fingerprint density at radius 3 is 2.75 bits per heavy atom. The second-order valence-corrected chi connectivity index (χ2v) is 6.49. The van der Waals surface area contributed by atoms with Gasteiger partial charge in [0.1, 0.15) is 17.4 Å². The molecule has 0 aliphatic heterocycles. The van der Waals surface area contributed by atoms with Crippen LogP contribution in [0.2, 0.25) is 0 Å². The average Bonchev–Trinajstić information content (AvgIpc) is 2.87. The summed E-state index contributed by atoms with van der Waals surface area (Å²) in [6.45, 7) is 7.03. The normalized spacial score (nSPS) is 11.1. The lowest BCUT2D eigenvalue weighted by Crippen LogP contribution is -1.96. The number of nitrogens with zero attached hydrogens (tertiary/aromatic N) is 1. The smallest absolute Gasteiger partial charge is 0.140 e. The van der Waals surface area contributed by atoms with Crippen LogP contribution in [0.5, 0.6) is 5.75 Å². The number of thiazole rings is 1. The molecular formula is C16H21NOS2. The summed E-state index contributed by atoms with van der Waals surface area (Å²) in [6.07, 6.45) is 0.954. The van der Waals surface area contributed by atoms with E-state index in [1.54, 1.807) is 11.3 Å². The Balaban J connectivity index is 2.05. The van der Waals surface area contributed by atoms with Gasteiger partial charge in [-0.3, -0.25) is 0 Å². The van der Waals surface area contributed by atoms with E-state index in [0.717, 1.165) is 28.6 Å². The quantitative estimate of drug-likeness (QED) is 0.772. The van der Waals surface area contributed by atoms with Crippen LogP contribution in [0, 0.1) is 0 Å². The third-order valence-corrected chi connectivity index (χ3v) is 4.79. The van der Waals surface area contributed by atoms with Gasteiger partial charge < -0.3 is 4.74 Å². The van der Waals surface area contributed by atoms with E-state index in [1.807, 2.05) is 12.1 Å². The molecule has 2 nitrogen and oxygen atoms in total. The van der Waals surface area contributed by atoms with Crippen LogP contribution in [0.4, 0.5) is 0 Å². The molecule has 0 saturated carbocycles. The topological polar surface area (TPSA) is 22.1 Å². The molecule has 0 saturated heterocycles. The van der Waals surface area contributed by atoms with E-state index in [2.05, 4.69) is 50.5 Å². The zero-order valence-electron chi connectivity index (χ0n) is 12.2. The van der Waals surface area contributed by atoms with E-state index in [9.17, 15) is 0 Å². The number of hydrogen-bond donors (Lipinski definition) is 1. The number of ether oxygens (including phenoxy) is 1. The Morgan fingerprint density at radius 2 is 2.15 bits per heavy atom. The Morgan fingerprint density at radius 1 is 1.35 bits per heavy atom. The predicted molar refractivity (Wildman–Crippen MR) is 89.0 cm³/mol. The van der Waals surface area contributed by atoms with Gasteiger partial charge in [-0.1, -0.05) is 32.9 Å². The molecule has 1 aromatic carbocycles. The molecule has 0 bridgehead atoms. The summed E-state index contributed by atoms with van der Waals surface area (Å²) in [7, 11) is 0. The highest BCUT2D eigenvalue weighted by Crippen LogP contribution is 2.24. The van der Waals surface area contributed by atoms with Crippen LogP contribution in [0.15, 0.2) is 24.3 Å². The van der Waals surface area contributed by atoms with Crippen molar-refractivity contribution in [3.8, 4) is 5.75 Å². The maximum absolute atomic E-state index is 5.86. The lowest BCUT2D eigenvalue weighted by Gasteiger charge is -2.08. The summed E-state index contributed by atoms with van der Waals surface area (Å²) in [5.41, 5.74) is 2.45. The van der Waals surface area contributed by atoms with Crippen LogP contribution in [0.3, 0.4) is 0 Å². The highest BCUT2D eigenvalue weighted by atomic mass is 32.1. The molecule has 2 rings (SSSR count). The number of aromatic nitrogens is 1. The number of thiol groups is 1. The van der Waals surface area contributed by atoms with Crippen molar-refractivity contribution < 1.29 is 4.74 Å². The highest BCUT2D eigenvalue weighted by molar-refractivity contribution is 7.79. The number of rotatable bonds is 6. The van der Waals surface area contributed by atoms with E-state index in [1.165, 1.54) is 10.4 Å². The molecule has 2 aromatic rings. The highest BCUT2D eigenvalue weighted by Gasteiger charge is 2.09. The second kappa shape index (κ2) is 7.14. The van der Waals surface area contributed by atoms with Gasteiger partial charge in [-0.2, -0.15) is 12.6 Å². The fourth-order valence-electron chi connectivity index (χ4n) is 2.01. The lowest BCUT2D eigenvalue weighted by molar-refractivity contribution is 0.305. The summed E-state index contributed by atoms with van der Waals surface area (Å²) in [5.74, 6) is 2.18. The van der Waals surface area contributed by atoms with Gasteiger partial charge in [-0.25, -0.2) is 4.98 Å². The monoisotopic (exact) mass is 307 g/mol. The van der Waals surface area contributed by atoms with E-state index in [0.29, 0.717) is 12.5 Å². The van der Waals surface area contributed by atoms with Gasteiger partial charge in [-0.15, -0.1) is 11.3 Å². The fraction of sp³-hybridized carbons (Fsp3) is 0.438. The molecule has 0 radical (unpaired) electrons. The summed E-state index contributed by atoms with van der Waals surface area (Å²) in [5, 5.41) is 1.03. The second-order valence-electron chi connectivity index (χ2n) is 5.01. The molecular weight excluding hydrogens is 286 g/mol. The molecule has 0 aliphatic carbocycles. The molecule has 1 aromatic heterocycles. The van der Waals surface area contributed by atoms with Gasteiger partial charge in [0.05, 0.1) is 5.69 Å². The minimum Gasteiger partial charge on any atom is -0.486 e. The maximum Gasteiger partial charge on any atom is 0.140 e. The van der Waals surface area contributed by atoms with Crippen molar-refractivity contribution in [3.63, 3.8) is 0 Å². The van der Waals surface area contributed by atoms with Gasteiger partial charge in [0, 0.05) is 10.6 Å². The first kappa shape index (κ1) is 15.4. The van der Waals surface area contributed by atoms with Crippen LogP contribution < -0.4 is 4.74 Å². The lowest BCUT2D eigenvalue weighted by atomic mass is 10.0. The zero-order chi connectivity index (χ0) is 14.5. The summed E-state index contributed by atoms with van der Waals surface area (Å²) in [4.78, 5) is 5.87. The predicted octanol–water partition coefficient (Wildman–Crippen LogP) is 4.84. The van der Waals surface area contributed by atoms with Gasteiger partial charge in [0.15, 0.2) is 0 Å². The summed E-state index contributed by atoms with van der Waals surface area (Å²) >= 11 is 6.05. The average molecular weight is 307 g/mol. The molecule has 20 heavy (non-hydrogen) atoms. The van der Waals surface area contributed by atoms with Crippen molar-refractivity contribution in [1.82, 2.24) is 4.98 Å². The summed E-state index contributed by atoms with van der Waals surface area (Å²) in [6, 6.07) is 8.29. The number of benzene rings is 1. The van der Waals surface area contributed by atoms with Gasteiger partial charge >= 0.3 is 0 Å². The van der Waals surface area contributed by atoms with Crippen LogP contribution in [0.25, 0.3) is 0 Å². The van der Waals surface area contributed by atoms with E-state index >= 15 is 0 Å². The molecule has 0 spiro atoms. The van der Waals surface area contributed by atoms with Gasteiger partial charge in [0.25, 0.3) is 0 Å².